The van der Waals surface area contributed by atoms with Crippen molar-refractivity contribution in [3.63, 3.8) is 0 Å². The van der Waals surface area contributed by atoms with Crippen LogP contribution in [0, 0.1) is 6.92 Å². The van der Waals surface area contributed by atoms with E-state index in [0.717, 1.165) is 11.3 Å². The van der Waals surface area contributed by atoms with Crippen LogP contribution in [0.1, 0.15) is 5.56 Å². The number of rotatable bonds is 7. The summed E-state index contributed by atoms with van der Waals surface area (Å²) in [5.41, 5.74) is 4.24. The molecular weight excluding hydrogens is 414 g/mol. The van der Waals surface area contributed by atoms with E-state index < -0.39 is 0 Å². The topological polar surface area (TPSA) is 90.6 Å². The van der Waals surface area contributed by atoms with Crippen LogP contribution >= 0.6 is 11.8 Å². The SMILES string of the molecule is COc1ccc(NC(=O)CSc2nnc3ccc(-c4ccc(C)cc4)nn23)cc1OC. The summed E-state index contributed by atoms with van der Waals surface area (Å²) in [5, 5.41) is 16.4. The van der Waals surface area contributed by atoms with Gasteiger partial charge in [-0.1, -0.05) is 41.6 Å². The molecule has 8 nitrogen and oxygen atoms in total. The van der Waals surface area contributed by atoms with E-state index in [9.17, 15) is 4.79 Å². The normalized spacial score (nSPS) is 10.8. The third kappa shape index (κ3) is 4.61. The maximum atomic E-state index is 12.4. The lowest BCUT2D eigenvalue weighted by molar-refractivity contribution is -0.113. The Morgan fingerprint density at radius 1 is 1.00 bits per heavy atom. The van der Waals surface area contributed by atoms with Gasteiger partial charge in [-0.3, -0.25) is 4.79 Å². The first-order valence-electron chi connectivity index (χ1n) is 9.51. The minimum absolute atomic E-state index is 0.158. The van der Waals surface area contributed by atoms with Gasteiger partial charge in [0.15, 0.2) is 17.1 Å². The number of nitrogens with one attached hydrogen (secondary N) is 1. The summed E-state index contributed by atoms with van der Waals surface area (Å²) >= 11 is 1.27. The molecule has 2 aromatic carbocycles. The molecule has 0 aliphatic heterocycles. The monoisotopic (exact) mass is 435 g/mol. The predicted octanol–water partition coefficient (Wildman–Crippen LogP) is 3.85. The molecule has 0 atom stereocenters. The van der Waals surface area contributed by atoms with E-state index in [1.807, 2.05) is 43.3 Å². The number of carbonyl (C=O) groups is 1. The van der Waals surface area contributed by atoms with Crippen molar-refractivity contribution in [2.75, 3.05) is 25.3 Å². The number of nitrogens with zero attached hydrogens (tertiary/aromatic N) is 4. The fourth-order valence-electron chi connectivity index (χ4n) is 2.98. The van der Waals surface area contributed by atoms with Gasteiger partial charge in [0.2, 0.25) is 11.1 Å². The van der Waals surface area contributed by atoms with Crippen LogP contribution < -0.4 is 14.8 Å². The van der Waals surface area contributed by atoms with Crippen LogP contribution in [0.2, 0.25) is 0 Å². The van der Waals surface area contributed by atoms with Gasteiger partial charge in [-0.2, -0.15) is 9.61 Å². The maximum Gasteiger partial charge on any atom is 0.234 e. The van der Waals surface area contributed by atoms with Crippen LogP contribution in [0.25, 0.3) is 16.9 Å². The number of ether oxygens (including phenoxy) is 2. The average Bonchev–Trinajstić information content (AvgIpc) is 3.20. The van der Waals surface area contributed by atoms with Gasteiger partial charge in [0.25, 0.3) is 0 Å². The summed E-state index contributed by atoms with van der Waals surface area (Å²) in [6.07, 6.45) is 0. The van der Waals surface area contributed by atoms with Gasteiger partial charge in [0, 0.05) is 17.3 Å². The Kier molecular flexibility index (Phi) is 6.03. The van der Waals surface area contributed by atoms with Crippen molar-refractivity contribution < 1.29 is 14.3 Å². The molecule has 31 heavy (non-hydrogen) atoms. The molecule has 0 unspecified atom stereocenters. The molecule has 1 N–H and O–H groups in total. The molecule has 0 aliphatic carbocycles. The number of amides is 1. The fraction of sp³-hybridized carbons (Fsp3) is 0.182. The number of aryl methyl sites for hydroxylation is 1. The highest BCUT2D eigenvalue weighted by Gasteiger charge is 2.13. The Hall–Kier alpha value is -3.59. The number of thioether (sulfide) groups is 1. The van der Waals surface area contributed by atoms with E-state index >= 15 is 0 Å². The molecule has 0 aliphatic rings. The molecule has 0 radical (unpaired) electrons. The minimum atomic E-state index is -0.177. The standard InChI is InChI=1S/C22H21N5O3S/c1-14-4-6-15(7-5-14)17-9-11-20-24-25-22(27(20)26-17)31-13-21(28)23-16-8-10-18(29-2)19(12-16)30-3/h4-12H,13H2,1-3H3,(H,23,28). The van der Waals surface area contributed by atoms with Crippen LogP contribution in [-0.2, 0) is 4.79 Å². The van der Waals surface area contributed by atoms with Crippen LogP contribution in [0.3, 0.4) is 0 Å². The first kappa shape index (κ1) is 20.7. The molecule has 1 amide bonds. The minimum Gasteiger partial charge on any atom is -0.493 e. The molecule has 0 bridgehead atoms. The molecule has 0 saturated heterocycles. The highest BCUT2D eigenvalue weighted by molar-refractivity contribution is 7.99. The lowest BCUT2D eigenvalue weighted by Crippen LogP contribution is -2.14. The van der Waals surface area contributed by atoms with Gasteiger partial charge in [-0.05, 0) is 31.2 Å². The summed E-state index contributed by atoms with van der Waals surface area (Å²) in [7, 11) is 3.11. The molecule has 4 rings (SSSR count). The van der Waals surface area contributed by atoms with E-state index in [4.69, 9.17) is 9.47 Å². The van der Waals surface area contributed by atoms with Crippen molar-refractivity contribution >= 4 is 29.0 Å². The highest BCUT2D eigenvalue weighted by atomic mass is 32.2. The van der Waals surface area contributed by atoms with E-state index in [0.29, 0.717) is 28.0 Å². The molecule has 0 spiro atoms. The summed E-state index contributed by atoms with van der Waals surface area (Å²) in [4.78, 5) is 12.4. The maximum absolute atomic E-state index is 12.4. The van der Waals surface area contributed by atoms with Crippen molar-refractivity contribution in [3.05, 3.63) is 60.2 Å². The number of hydrogen-bond acceptors (Lipinski definition) is 7. The zero-order valence-electron chi connectivity index (χ0n) is 17.3. The lowest BCUT2D eigenvalue weighted by Gasteiger charge is -2.10. The van der Waals surface area contributed by atoms with Gasteiger partial charge >= 0.3 is 0 Å². The predicted molar refractivity (Wildman–Crippen MR) is 120 cm³/mol. The van der Waals surface area contributed by atoms with Crippen molar-refractivity contribution in [2.45, 2.75) is 12.1 Å². The number of anilines is 1. The zero-order valence-corrected chi connectivity index (χ0v) is 18.1. The molecule has 9 heteroatoms. The van der Waals surface area contributed by atoms with E-state index in [2.05, 4.69) is 20.6 Å². The molecule has 4 aromatic rings. The summed E-state index contributed by atoms with van der Waals surface area (Å²) < 4.78 is 12.1. The van der Waals surface area contributed by atoms with E-state index in [1.165, 1.54) is 17.3 Å². The van der Waals surface area contributed by atoms with Crippen LogP contribution in [0.15, 0.2) is 59.8 Å². The Balaban J connectivity index is 1.47. The van der Waals surface area contributed by atoms with Crippen LogP contribution in [0.4, 0.5) is 5.69 Å². The highest BCUT2D eigenvalue weighted by Crippen LogP contribution is 2.30. The van der Waals surface area contributed by atoms with Crippen molar-refractivity contribution in [1.82, 2.24) is 19.8 Å². The van der Waals surface area contributed by atoms with Crippen molar-refractivity contribution in [1.29, 1.82) is 0 Å². The molecular formula is C22H21N5O3S. The number of aromatic nitrogens is 4. The average molecular weight is 436 g/mol. The van der Waals surface area contributed by atoms with Crippen LogP contribution in [0.5, 0.6) is 11.5 Å². The zero-order chi connectivity index (χ0) is 21.8. The number of methoxy groups -OCH3 is 2. The van der Waals surface area contributed by atoms with Crippen molar-refractivity contribution in [2.24, 2.45) is 0 Å². The van der Waals surface area contributed by atoms with Gasteiger partial charge in [-0.15, -0.1) is 10.2 Å². The second-order valence-corrected chi connectivity index (χ2v) is 7.69. The second-order valence-electron chi connectivity index (χ2n) is 6.74. The summed E-state index contributed by atoms with van der Waals surface area (Å²) in [6, 6.07) is 17.1. The first-order valence-corrected chi connectivity index (χ1v) is 10.5. The Labute approximate surface area is 183 Å². The first-order chi connectivity index (χ1) is 15.1. The van der Waals surface area contributed by atoms with Gasteiger partial charge in [-0.25, -0.2) is 0 Å². The van der Waals surface area contributed by atoms with Crippen LogP contribution in [-0.4, -0.2) is 45.7 Å². The largest absolute Gasteiger partial charge is 0.493 e. The number of fused-ring (bicyclic) bond motifs is 1. The Morgan fingerprint density at radius 2 is 1.77 bits per heavy atom. The third-order valence-corrected chi connectivity index (χ3v) is 5.50. The van der Waals surface area contributed by atoms with E-state index in [1.54, 1.807) is 36.9 Å². The quantitative estimate of drug-likeness (QED) is 0.441. The van der Waals surface area contributed by atoms with Crippen molar-refractivity contribution in [3.8, 4) is 22.8 Å². The molecule has 2 heterocycles. The van der Waals surface area contributed by atoms with Gasteiger partial charge < -0.3 is 14.8 Å². The fourth-order valence-corrected chi connectivity index (χ4v) is 3.67. The van der Waals surface area contributed by atoms with Gasteiger partial charge in [0.1, 0.15) is 0 Å². The Bertz CT molecular complexity index is 1220. The summed E-state index contributed by atoms with van der Waals surface area (Å²) in [5.74, 6) is 1.12. The molecule has 2 aromatic heterocycles. The lowest BCUT2D eigenvalue weighted by atomic mass is 10.1. The number of benzene rings is 2. The number of carbonyl (C=O) groups excluding carboxylic acids is 1. The Morgan fingerprint density at radius 3 is 2.52 bits per heavy atom. The molecule has 158 valence electrons. The second kappa shape index (κ2) is 9.05. The third-order valence-electron chi connectivity index (χ3n) is 4.58. The van der Waals surface area contributed by atoms with Gasteiger partial charge in [0.05, 0.1) is 25.7 Å². The summed E-state index contributed by atoms with van der Waals surface area (Å²) in [6.45, 7) is 2.04. The van der Waals surface area contributed by atoms with E-state index in [-0.39, 0.29) is 11.7 Å². The molecule has 0 saturated carbocycles. The smallest absolute Gasteiger partial charge is 0.234 e. The molecule has 0 fully saturated rings. The number of hydrogen-bond donors (Lipinski definition) is 1.